The van der Waals surface area contributed by atoms with Gasteiger partial charge in [0, 0.05) is 30.9 Å². The molecule has 1 fully saturated rings. The molecule has 0 aliphatic carbocycles. The van der Waals surface area contributed by atoms with Crippen LogP contribution in [0.25, 0.3) is 0 Å². The Morgan fingerprint density at radius 3 is 2.89 bits per heavy atom. The second-order valence-electron chi connectivity index (χ2n) is 5.35. The average molecular weight is 255 g/mol. The van der Waals surface area contributed by atoms with Gasteiger partial charge in [-0.05, 0) is 24.9 Å². The minimum absolute atomic E-state index is 0.625. The fourth-order valence-electron chi connectivity index (χ4n) is 2.79. The molecule has 1 aliphatic rings. The summed E-state index contributed by atoms with van der Waals surface area (Å²) in [7, 11) is 0. The van der Waals surface area contributed by atoms with Crippen LogP contribution in [0.4, 0.5) is 0 Å². The third kappa shape index (κ3) is 3.24. The van der Waals surface area contributed by atoms with E-state index in [1.165, 1.54) is 30.5 Å². The lowest BCUT2D eigenvalue weighted by Gasteiger charge is -2.23. The van der Waals surface area contributed by atoms with Gasteiger partial charge in [-0.1, -0.05) is 36.8 Å². The molecule has 3 rings (SSSR count). The summed E-state index contributed by atoms with van der Waals surface area (Å²) in [6.07, 6.45) is 9.01. The number of nitrogens with zero attached hydrogens (tertiary/aromatic N) is 2. The minimum atomic E-state index is 0.625. The number of hydrogen-bond acceptors (Lipinski definition) is 2. The number of benzene rings is 1. The Labute approximate surface area is 114 Å². The molecule has 0 saturated carbocycles. The molecule has 19 heavy (non-hydrogen) atoms. The molecular formula is C16H21N3. The van der Waals surface area contributed by atoms with Crippen LogP contribution in [-0.4, -0.2) is 22.1 Å². The molecule has 1 saturated heterocycles. The highest BCUT2D eigenvalue weighted by Crippen LogP contribution is 2.14. The summed E-state index contributed by atoms with van der Waals surface area (Å²) < 4.78 is 2.27. The summed E-state index contributed by atoms with van der Waals surface area (Å²) >= 11 is 0. The zero-order valence-electron chi connectivity index (χ0n) is 11.3. The highest BCUT2D eigenvalue weighted by atomic mass is 15.0. The summed E-state index contributed by atoms with van der Waals surface area (Å²) in [6, 6.07) is 11.2. The van der Waals surface area contributed by atoms with Crippen molar-refractivity contribution in [1.82, 2.24) is 14.9 Å². The number of aromatic nitrogens is 2. The lowest BCUT2D eigenvalue weighted by atomic mass is 10.0. The van der Waals surface area contributed by atoms with Crippen LogP contribution in [0, 0.1) is 0 Å². The molecule has 1 N–H and O–H groups in total. The van der Waals surface area contributed by atoms with Crippen molar-refractivity contribution >= 4 is 0 Å². The Bertz CT molecular complexity index is 498. The van der Waals surface area contributed by atoms with Gasteiger partial charge in [0.1, 0.15) is 0 Å². The molecular weight excluding hydrogens is 234 g/mol. The molecule has 0 bridgehead atoms. The summed E-state index contributed by atoms with van der Waals surface area (Å²) in [6.45, 7) is 2.08. The Balaban J connectivity index is 1.68. The van der Waals surface area contributed by atoms with Crippen molar-refractivity contribution in [3.63, 3.8) is 0 Å². The van der Waals surface area contributed by atoms with Crippen LogP contribution < -0.4 is 5.32 Å². The predicted molar refractivity (Wildman–Crippen MR) is 77.1 cm³/mol. The maximum Gasteiger partial charge on any atom is 0.0951 e. The second kappa shape index (κ2) is 6.02. The zero-order valence-corrected chi connectivity index (χ0v) is 11.3. The van der Waals surface area contributed by atoms with Gasteiger partial charge >= 0.3 is 0 Å². The van der Waals surface area contributed by atoms with Crippen molar-refractivity contribution in [2.24, 2.45) is 0 Å². The maximum atomic E-state index is 4.32. The zero-order chi connectivity index (χ0) is 12.9. The Morgan fingerprint density at radius 1 is 1.21 bits per heavy atom. The summed E-state index contributed by atoms with van der Waals surface area (Å²) in [5.74, 6) is 0. The van der Waals surface area contributed by atoms with Gasteiger partial charge < -0.3 is 9.88 Å². The van der Waals surface area contributed by atoms with E-state index in [9.17, 15) is 0 Å². The molecule has 0 spiro atoms. The number of hydrogen-bond donors (Lipinski definition) is 1. The van der Waals surface area contributed by atoms with Gasteiger partial charge in [-0.3, -0.25) is 0 Å². The third-order valence-corrected chi connectivity index (χ3v) is 3.86. The van der Waals surface area contributed by atoms with Gasteiger partial charge in [-0.25, -0.2) is 4.98 Å². The van der Waals surface area contributed by atoms with Crippen LogP contribution >= 0.6 is 0 Å². The molecule has 1 aromatic heterocycles. The number of piperidine rings is 1. The smallest absolute Gasteiger partial charge is 0.0951 e. The van der Waals surface area contributed by atoms with Gasteiger partial charge in [0.15, 0.2) is 0 Å². The van der Waals surface area contributed by atoms with Gasteiger partial charge in [-0.15, -0.1) is 0 Å². The topological polar surface area (TPSA) is 29.9 Å². The summed E-state index contributed by atoms with van der Waals surface area (Å²) in [4.78, 5) is 4.32. The summed E-state index contributed by atoms with van der Waals surface area (Å²) in [5, 5.41) is 3.61. The molecule has 1 atom stereocenters. The maximum absolute atomic E-state index is 4.32. The predicted octanol–water partition coefficient (Wildman–Crippen LogP) is 2.62. The highest BCUT2D eigenvalue weighted by Gasteiger charge is 2.15. The Morgan fingerprint density at radius 2 is 2.11 bits per heavy atom. The number of imidazole rings is 1. The lowest BCUT2D eigenvalue weighted by molar-refractivity contribution is 0.394. The average Bonchev–Trinajstić information content (AvgIpc) is 2.88. The van der Waals surface area contributed by atoms with E-state index in [1.807, 2.05) is 12.5 Å². The molecule has 3 heteroatoms. The fraction of sp³-hybridized carbons (Fsp3) is 0.438. The first kappa shape index (κ1) is 12.4. The Hall–Kier alpha value is -1.61. The van der Waals surface area contributed by atoms with E-state index in [0.717, 1.165) is 19.5 Å². The summed E-state index contributed by atoms with van der Waals surface area (Å²) in [5.41, 5.74) is 2.67. The first-order chi connectivity index (χ1) is 9.42. The molecule has 2 aromatic rings. The van der Waals surface area contributed by atoms with Crippen molar-refractivity contribution in [1.29, 1.82) is 0 Å². The van der Waals surface area contributed by atoms with Gasteiger partial charge in [0.05, 0.1) is 6.33 Å². The monoisotopic (exact) mass is 255 g/mol. The molecule has 1 aliphatic heterocycles. The molecule has 0 radical (unpaired) electrons. The molecule has 3 nitrogen and oxygen atoms in total. The van der Waals surface area contributed by atoms with E-state index in [2.05, 4.69) is 45.2 Å². The molecule has 100 valence electrons. The van der Waals surface area contributed by atoms with Gasteiger partial charge in [-0.2, -0.15) is 0 Å². The first-order valence-electron chi connectivity index (χ1n) is 7.18. The SMILES string of the molecule is c1ccc(Cn2cncc2CC2CCCCN2)cc1. The van der Waals surface area contributed by atoms with Crippen molar-refractivity contribution in [2.75, 3.05) is 6.54 Å². The van der Waals surface area contributed by atoms with E-state index in [4.69, 9.17) is 0 Å². The van der Waals surface area contributed by atoms with Crippen LogP contribution in [0.2, 0.25) is 0 Å². The normalized spacial score (nSPS) is 19.5. The van der Waals surface area contributed by atoms with Crippen LogP contribution in [0.1, 0.15) is 30.5 Å². The number of nitrogens with one attached hydrogen (secondary N) is 1. The molecule has 1 aromatic carbocycles. The van der Waals surface area contributed by atoms with Crippen LogP contribution in [-0.2, 0) is 13.0 Å². The standard InChI is InChI=1S/C16H21N3/c1-2-6-14(7-3-1)12-19-13-17-11-16(19)10-15-8-4-5-9-18-15/h1-3,6-7,11,13,15,18H,4-5,8-10,12H2. The van der Waals surface area contributed by atoms with Gasteiger partial charge in [0.25, 0.3) is 0 Å². The van der Waals surface area contributed by atoms with E-state index in [0.29, 0.717) is 6.04 Å². The van der Waals surface area contributed by atoms with Crippen molar-refractivity contribution in [3.8, 4) is 0 Å². The van der Waals surface area contributed by atoms with Crippen LogP contribution in [0.15, 0.2) is 42.9 Å². The second-order valence-corrected chi connectivity index (χ2v) is 5.35. The fourth-order valence-corrected chi connectivity index (χ4v) is 2.79. The van der Waals surface area contributed by atoms with Crippen molar-refractivity contribution in [3.05, 3.63) is 54.1 Å². The first-order valence-corrected chi connectivity index (χ1v) is 7.18. The quantitative estimate of drug-likeness (QED) is 0.910. The molecule has 0 amide bonds. The largest absolute Gasteiger partial charge is 0.330 e. The van der Waals surface area contributed by atoms with E-state index >= 15 is 0 Å². The van der Waals surface area contributed by atoms with Crippen LogP contribution in [0.5, 0.6) is 0 Å². The number of rotatable bonds is 4. The lowest BCUT2D eigenvalue weighted by Crippen LogP contribution is -2.36. The Kier molecular flexibility index (Phi) is 3.94. The van der Waals surface area contributed by atoms with E-state index < -0.39 is 0 Å². The van der Waals surface area contributed by atoms with Crippen molar-refractivity contribution in [2.45, 2.75) is 38.3 Å². The van der Waals surface area contributed by atoms with E-state index in [1.54, 1.807) is 0 Å². The van der Waals surface area contributed by atoms with Crippen LogP contribution in [0.3, 0.4) is 0 Å². The van der Waals surface area contributed by atoms with Crippen molar-refractivity contribution < 1.29 is 0 Å². The molecule has 1 unspecified atom stereocenters. The minimum Gasteiger partial charge on any atom is -0.330 e. The molecule has 2 heterocycles. The highest BCUT2D eigenvalue weighted by molar-refractivity contribution is 5.16. The van der Waals surface area contributed by atoms with Gasteiger partial charge in [0.2, 0.25) is 0 Å². The van der Waals surface area contributed by atoms with E-state index in [-0.39, 0.29) is 0 Å². The third-order valence-electron chi connectivity index (χ3n) is 3.86.